The summed E-state index contributed by atoms with van der Waals surface area (Å²) in [7, 11) is 0. The van der Waals surface area contributed by atoms with Crippen molar-refractivity contribution in [2.45, 2.75) is 19.8 Å². The van der Waals surface area contributed by atoms with Crippen molar-refractivity contribution in [1.82, 2.24) is 25.5 Å². The fraction of sp³-hybridized carbons (Fsp3) is 0.214. The van der Waals surface area contributed by atoms with E-state index in [-0.39, 0.29) is 18.4 Å². The minimum atomic E-state index is -0.791. The summed E-state index contributed by atoms with van der Waals surface area (Å²) in [6.07, 6.45) is 0.103. The highest BCUT2D eigenvalue weighted by Gasteiger charge is 2.33. The van der Waals surface area contributed by atoms with Crippen molar-refractivity contribution >= 4 is 17.8 Å². The Morgan fingerprint density at radius 2 is 1.57 bits per heavy atom. The molecule has 116 valence electrons. The number of carbonyl (C=O) groups is 3. The SMILES string of the molecule is Cc1nnc(-c2ccc(C(=O)ON3C(=O)CCC3=O)cc2)nn1. The summed E-state index contributed by atoms with van der Waals surface area (Å²) in [6.45, 7) is 1.67. The second kappa shape index (κ2) is 5.87. The summed E-state index contributed by atoms with van der Waals surface area (Å²) >= 11 is 0. The van der Waals surface area contributed by atoms with Crippen molar-refractivity contribution < 1.29 is 19.2 Å². The average Bonchev–Trinajstić information content (AvgIpc) is 2.87. The first-order valence-electron chi connectivity index (χ1n) is 6.77. The van der Waals surface area contributed by atoms with E-state index in [1.807, 2.05) is 0 Å². The Labute approximate surface area is 130 Å². The summed E-state index contributed by atoms with van der Waals surface area (Å²) in [4.78, 5) is 39.6. The fourth-order valence-corrected chi connectivity index (χ4v) is 1.94. The van der Waals surface area contributed by atoms with Crippen LogP contribution in [0.25, 0.3) is 11.4 Å². The van der Waals surface area contributed by atoms with Gasteiger partial charge < -0.3 is 4.84 Å². The molecule has 9 nitrogen and oxygen atoms in total. The van der Waals surface area contributed by atoms with Crippen LogP contribution in [0.5, 0.6) is 0 Å². The van der Waals surface area contributed by atoms with Crippen molar-refractivity contribution in [2.75, 3.05) is 0 Å². The van der Waals surface area contributed by atoms with Gasteiger partial charge in [0.2, 0.25) is 5.82 Å². The molecular weight excluding hydrogens is 302 g/mol. The van der Waals surface area contributed by atoms with Gasteiger partial charge in [0, 0.05) is 18.4 Å². The van der Waals surface area contributed by atoms with Crippen LogP contribution in [0.2, 0.25) is 0 Å². The van der Waals surface area contributed by atoms with E-state index in [1.165, 1.54) is 12.1 Å². The zero-order chi connectivity index (χ0) is 16.4. The predicted molar refractivity (Wildman–Crippen MR) is 74.3 cm³/mol. The second-order valence-corrected chi connectivity index (χ2v) is 4.81. The molecule has 1 saturated heterocycles. The monoisotopic (exact) mass is 313 g/mol. The number of aryl methyl sites for hydroxylation is 1. The summed E-state index contributed by atoms with van der Waals surface area (Å²) in [5, 5.41) is 15.9. The van der Waals surface area contributed by atoms with Gasteiger partial charge in [0.25, 0.3) is 11.8 Å². The van der Waals surface area contributed by atoms with Crippen LogP contribution in [0.1, 0.15) is 29.0 Å². The largest absolute Gasteiger partial charge is 0.363 e. The molecular formula is C14H11N5O4. The number of carbonyl (C=O) groups excluding carboxylic acids is 3. The van der Waals surface area contributed by atoms with Gasteiger partial charge in [0.1, 0.15) is 0 Å². The van der Waals surface area contributed by atoms with Gasteiger partial charge >= 0.3 is 5.97 Å². The maximum Gasteiger partial charge on any atom is 0.363 e. The zero-order valence-electron chi connectivity index (χ0n) is 12.1. The zero-order valence-corrected chi connectivity index (χ0v) is 12.1. The lowest BCUT2D eigenvalue weighted by Gasteiger charge is -2.12. The summed E-state index contributed by atoms with van der Waals surface area (Å²) in [5.41, 5.74) is 0.809. The molecule has 0 unspecified atom stereocenters. The molecule has 1 aliphatic rings. The molecule has 0 atom stereocenters. The number of aromatic nitrogens is 4. The third kappa shape index (κ3) is 3.03. The molecule has 1 fully saturated rings. The molecule has 9 heteroatoms. The van der Waals surface area contributed by atoms with Gasteiger partial charge in [-0.1, -0.05) is 12.1 Å². The van der Waals surface area contributed by atoms with Crippen LogP contribution in [0, 0.1) is 6.92 Å². The van der Waals surface area contributed by atoms with E-state index in [4.69, 9.17) is 4.84 Å². The molecule has 0 N–H and O–H groups in total. The number of nitrogens with zero attached hydrogens (tertiary/aromatic N) is 5. The van der Waals surface area contributed by atoms with Gasteiger partial charge in [-0.3, -0.25) is 9.59 Å². The van der Waals surface area contributed by atoms with Crippen molar-refractivity contribution in [2.24, 2.45) is 0 Å². The highest BCUT2D eigenvalue weighted by Crippen LogP contribution is 2.17. The van der Waals surface area contributed by atoms with E-state index in [0.29, 0.717) is 22.3 Å². The molecule has 0 bridgehead atoms. The number of hydrogen-bond acceptors (Lipinski definition) is 8. The third-order valence-corrected chi connectivity index (χ3v) is 3.14. The number of rotatable bonds is 3. The molecule has 1 aromatic heterocycles. The number of hydrogen-bond donors (Lipinski definition) is 0. The Bertz CT molecular complexity index is 757. The smallest absolute Gasteiger partial charge is 0.325 e. The number of amides is 2. The normalized spacial score (nSPS) is 14.2. The molecule has 2 amide bonds. The number of imide groups is 1. The maximum atomic E-state index is 12.0. The van der Waals surface area contributed by atoms with Gasteiger partial charge in [-0.25, -0.2) is 4.79 Å². The van der Waals surface area contributed by atoms with Gasteiger partial charge in [0.05, 0.1) is 5.56 Å². The van der Waals surface area contributed by atoms with Crippen LogP contribution in [0.3, 0.4) is 0 Å². The highest BCUT2D eigenvalue weighted by molar-refractivity contribution is 6.02. The van der Waals surface area contributed by atoms with Crippen molar-refractivity contribution in [3.8, 4) is 11.4 Å². The van der Waals surface area contributed by atoms with Gasteiger partial charge in [-0.2, -0.15) is 0 Å². The van der Waals surface area contributed by atoms with Crippen LogP contribution in [-0.2, 0) is 14.4 Å². The van der Waals surface area contributed by atoms with E-state index in [2.05, 4.69) is 20.4 Å². The predicted octanol–water partition coefficient (Wildman–Crippen LogP) is 0.463. The van der Waals surface area contributed by atoms with E-state index in [9.17, 15) is 14.4 Å². The van der Waals surface area contributed by atoms with Crippen molar-refractivity contribution in [1.29, 1.82) is 0 Å². The maximum absolute atomic E-state index is 12.0. The van der Waals surface area contributed by atoms with E-state index < -0.39 is 17.8 Å². The Morgan fingerprint density at radius 3 is 2.13 bits per heavy atom. The second-order valence-electron chi connectivity index (χ2n) is 4.81. The van der Waals surface area contributed by atoms with Gasteiger partial charge in [0.15, 0.2) is 5.82 Å². The van der Waals surface area contributed by atoms with Crippen molar-refractivity contribution in [3.05, 3.63) is 35.7 Å². The fourth-order valence-electron chi connectivity index (χ4n) is 1.94. The van der Waals surface area contributed by atoms with E-state index in [0.717, 1.165) is 0 Å². The Balaban J connectivity index is 1.74. The van der Waals surface area contributed by atoms with E-state index in [1.54, 1.807) is 19.1 Å². The minimum absolute atomic E-state index is 0.0514. The Hall–Kier alpha value is -3.23. The standard InChI is InChI=1S/C14H11N5O4/c1-8-15-17-13(18-16-8)9-2-4-10(5-3-9)14(22)23-19-11(20)6-7-12(19)21/h2-5H,6-7H2,1H3. The molecule has 0 spiro atoms. The minimum Gasteiger partial charge on any atom is -0.325 e. The van der Waals surface area contributed by atoms with Crippen LogP contribution in [0.15, 0.2) is 24.3 Å². The molecule has 3 rings (SSSR count). The lowest BCUT2D eigenvalue weighted by atomic mass is 10.1. The first kappa shape index (κ1) is 14.7. The highest BCUT2D eigenvalue weighted by atomic mass is 16.7. The summed E-state index contributed by atoms with van der Waals surface area (Å²) in [5.74, 6) is -1.06. The first-order valence-corrected chi connectivity index (χ1v) is 6.77. The number of hydroxylamine groups is 2. The van der Waals surface area contributed by atoms with Crippen molar-refractivity contribution in [3.63, 3.8) is 0 Å². The van der Waals surface area contributed by atoms with Crippen LogP contribution in [0.4, 0.5) is 0 Å². The van der Waals surface area contributed by atoms with Crippen LogP contribution in [-0.4, -0.2) is 43.2 Å². The molecule has 0 aliphatic carbocycles. The summed E-state index contributed by atoms with van der Waals surface area (Å²) in [6, 6.07) is 6.15. The van der Waals surface area contributed by atoms with Gasteiger partial charge in [-0.05, 0) is 19.1 Å². The van der Waals surface area contributed by atoms with Gasteiger partial charge in [-0.15, -0.1) is 25.5 Å². The quantitative estimate of drug-likeness (QED) is 0.751. The molecule has 1 aliphatic heterocycles. The lowest BCUT2D eigenvalue weighted by molar-refractivity contribution is -0.172. The molecule has 0 saturated carbocycles. The molecule has 2 heterocycles. The molecule has 2 aromatic rings. The van der Waals surface area contributed by atoms with Crippen LogP contribution < -0.4 is 0 Å². The molecule has 23 heavy (non-hydrogen) atoms. The topological polar surface area (TPSA) is 115 Å². The Morgan fingerprint density at radius 1 is 1.00 bits per heavy atom. The number of benzene rings is 1. The molecule has 0 radical (unpaired) electrons. The molecule has 1 aromatic carbocycles. The van der Waals surface area contributed by atoms with Crippen LogP contribution >= 0.6 is 0 Å². The Kier molecular flexibility index (Phi) is 3.75. The third-order valence-electron chi connectivity index (χ3n) is 3.14. The summed E-state index contributed by atoms with van der Waals surface area (Å²) < 4.78 is 0. The average molecular weight is 313 g/mol. The van der Waals surface area contributed by atoms with E-state index >= 15 is 0 Å². The first-order chi connectivity index (χ1) is 11.0. The lowest BCUT2D eigenvalue weighted by Crippen LogP contribution is -2.32.